The normalized spacial score (nSPS) is 19.5. The molecule has 3 nitrogen and oxygen atoms in total. The van der Waals surface area contributed by atoms with Gasteiger partial charge in [-0.05, 0) is 52.2 Å². The molecule has 15 heavy (non-hydrogen) atoms. The number of rotatable bonds is 4. The van der Waals surface area contributed by atoms with Crippen molar-refractivity contribution < 1.29 is 4.79 Å². The zero-order valence-corrected chi connectivity index (χ0v) is 10.3. The van der Waals surface area contributed by atoms with Crippen LogP contribution < -0.4 is 5.32 Å². The largest absolute Gasteiger partial charge is 0.354 e. The first kappa shape index (κ1) is 12.5. The summed E-state index contributed by atoms with van der Waals surface area (Å²) < 4.78 is 0. The van der Waals surface area contributed by atoms with Crippen LogP contribution in [0.15, 0.2) is 0 Å². The van der Waals surface area contributed by atoms with Gasteiger partial charge >= 0.3 is 0 Å². The summed E-state index contributed by atoms with van der Waals surface area (Å²) in [5, 5.41) is 2.96. The van der Waals surface area contributed by atoms with E-state index >= 15 is 0 Å². The Balaban J connectivity index is 2.20. The molecule has 88 valence electrons. The van der Waals surface area contributed by atoms with Crippen LogP contribution in [0, 0.1) is 5.92 Å². The van der Waals surface area contributed by atoms with E-state index in [1.54, 1.807) is 0 Å². The lowest BCUT2D eigenvalue weighted by Gasteiger charge is -2.30. The van der Waals surface area contributed by atoms with Crippen molar-refractivity contribution in [2.75, 3.05) is 19.6 Å². The van der Waals surface area contributed by atoms with E-state index in [4.69, 9.17) is 0 Å². The zero-order chi connectivity index (χ0) is 11.3. The highest BCUT2D eigenvalue weighted by Gasteiger charge is 2.20. The van der Waals surface area contributed by atoms with Crippen molar-refractivity contribution in [1.82, 2.24) is 10.2 Å². The SMILES string of the molecule is CCN1CCC(CC(=O)NC(C)C)CC1. The highest BCUT2D eigenvalue weighted by atomic mass is 16.1. The van der Waals surface area contributed by atoms with E-state index in [2.05, 4.69) is 17.1 Å². The molecule has 0 aliphatic carbocycles. The van der Waals surface area contributed by atoms with Gasteiger partial charge < -0.3 is 10.2 Å². The van der Waals surface area contributed by atoms with Crippen molar-refractivity contribution in [3.63, 3.8) is 0 Å². The number of amides is 1. The Hall–Kier alpha value is -0.570. The second-order valence-corrected chi connectivity index (χ2v) is 4.80. The van der Waals surface area contributed by atoms with E-state index in [1.165, 1.54) is 12.8 Å². The second kappa shape index (κ2) is 6.11. The smallest absolute Gasteiger partial charge is 0.220 e. The van der Waals surface area contributed by atoms with Gasteiger partial charge in [-0.3, -0.25) is 4.79 Å². The third-order valence-corrected chi connectivity index (χ3v) is 3.08. The molecule has 0 saturated carbocycles. The van der Waals surface area contributed by atoms with Gasteiger partial charge in [-0.1, -0.05) is 6.92 Å². The summed E-state index contributed by atoms with van der Waals surface area (Å²) in [6, 6.07) is 0.272. The first-order chi connectivity index (χ1) is 7.11. The highest BCUT2D eigenvalue weighted by Crippen LogP contribution is 2.19. The van der Waals surface area contributed by atoms with E-state index < -0.39 is 0 Å². The van der Waals surface area contributed by atoms with Gasteiger partial charge in [-0.2, -0.15) is 0 Å². The minimum absolute atomic E-state index is 0.222. The van der Waals surface area contributed by atoms with Gasteiger partial charge in [0.2, 0.25) is 5.91 Å². The first-order valence-corrected chi connectivity index (χ1v) is 6.13. The zero-order valence-electron chi connectivity index (χ0n) is 10.3. The van der Waals surface area contributed by atoms with Gasteiger partial charge in [0, 0.05) is 12.5 Å². The van der Waals surface area contributed by atoms with Crippen molar-refractivity contribution in [3.05, 3.63) is 0 Å². The van der Waals surface area contributed by atoms with Gasteiger partial charge in [-0.25, -0.2) is 0 Å². The average Bonchev–Trinajstić information content (AvgIpc) is 2.17. The molecule has 0 atom stereocenters. The van der Waals surface area contributed by atoms with Crippen LogP contribution >= 0.6 is 0 Å². The Morgan fingerprint density at radius 2 is 2.00 bits per heavy atom. The van der Waals surface area contributed by atoms with E-state index in [0.29, 0.717) is 5.92 Å². The van der Waals surface area contributed by atoms with Crippen molar-refractivity contribution in [3.8, 4) is 0 Å². The molecular formula is C12H24N2O. The molecule has 1 amide bonds. The van der Waals surface area contributed by atoms with Gasteiger partial charge in [0.05, 0.1) is 0 Å². The van der Waals surface area contributed by atoms with Crippen LogP contribution in [0.3, 0.4) is 0 Å². The third-order valence-electron chi connectivity index (χ3n) is 3.08. The molecule has 0 aromatic heterocycles. The van der Waals surface area contributed by atoms with Crippen LogP contribution in [-0.2, 0) is 4.79 Å². The summed E-state index contributed by atoms with van der Waals surface area (Å²) in [6.45, 7) is 9.69. The molecule has 0 unspecified atom stereocenters. The van der Waals surface area contributed by atoms with Crippen LogP contribution in [0.25, 0.3) is 0 Å². The van der Waals surface area contributed by atoms with Crippen LogP contribution in [0.5, 0.6) is 0 Å². The molecular weight excluding hydrogens is 188 g/mol. The number of nitrogens with one attached hydrogen (secondary N) is 1. The monoisotopic (exact) mass is 212 g/mol. The van der Waals surface area contributed by atoms with E-state index in [-0.39, 0.29) is 11.9 Å². The van der Waals surface area contributed by atoms with Gasteiger partial charge in [-0.15, -0.1) is 0 Å². The number of carbonyl (C=O) groups is 1. The number of hydrogen-bond acceptors (Lipinski definition) is 2. The van der Waals surface area contributed by atoms with Crippen LogP contribution in [0.2, 0.25) is 0 Å². The standard InChI is InChI=1S/C12H24N2O/c1-4-14-7-5-11(6-8-14)9-12(15)13-10(2)3/h10-11H,4-9H2,1-3H3,(H,13,15). The Kier molecular flexibility index (Phi) is 5.09. The van der Waals surface area contributed by atoms with Gasteiger partial charge in [0.25, 0.3) is 0 Å². The molecule has 0 aromatic rings. The van der Waals surface area contributed by atoms with E-state index in [9.17, 15) is 4.79 Å². The third kappa shape index (κ3) is 4.65. The maximum Gasteiger partial charge on any atom is 0.220 e. The molecule has 1 N–H and O–H groups in total. The second-order valence-electron chi connectivity index (χ2n) is 4.80. The summed E-state index contributed by atoms with van der Waals surface area (Å²) >= 11 is 0. The molecule has 1 rings (SSSR count). The Morgan fingerprint density at radius 1 is 1.40 bits per heavy atom. The summed E-state index contributed by atoms with van der Waals surface area (Å²) in [6.07, 6.45) is 3.08. The van der Waals surface area contributed by atoms with Gasteiger partial charge in [0.1, 0.15) is 0 Å². The first-order valence-electron chi connectivity index (χ1n) is 6.13. The number of likely N-dealkylation sites (tertiary alicyclic amines) is 1. The Morgan fingerprint density at radius 3 is 2.47 bits per heavy atom. The number of piperidine rings is 1. The number of carbonyl (C=O) groups excluding carboxylic acids is 1. The van der Waals surface area contributed by atoms with Crippen LogP contribution in [-0.4, -0.2) is 36.5 Å². The summed E-state index contributed by atoms with van der Waals surface area (Å²) in [5.74, 6) is 0.825. The van der Waals surface area contributed by atoms with Crippen molar-refractivity contribution >= 4 is 5.91 Å². The summed E-state index contributed by atoms with van der Waals surface area (Å²) in [7, 11) is 0. The van der Waals surface area contributed by atoms with Crippen molar-refractivity contribution in [1.29, 1.82) is 0 Å². The quantitative estimate of drug-likeness (QED) is 0.768. The molecule has 0 spiro atoms. The van der Waals surface area contributed by atoms with Crippen LogP contribution in [0.4, 0.5) is 0 Å². The molecule has 1 aliphatic heterocycles. The maximum absolute atomic E-state index is 11.5. The number of nitrogens with zero attached hydrogens (tertiary/aromatic N) is 1. The van der Waals surface area contributed by atoms with Crippen LogP contribution in [0.1, 0.15) is 40.0 Å². The van der Waals surface area contributed by atoms with E-state index in [0.717, 1.165) is 26.1 Å². The predicted molar refractivity (Wildman–Crippen MR) is 62.7 cm³/mol. The fourth-order valence-electron chi connectivity index (χ4n) is 2.15. The Labute approximate surface area is 93.2 Å². The van der Waals surface area contributed by atoms with E-state index in [1.807, 2.05) is 13.8 Å². The maximum atomic E-state index is 11.5. The summed E-state index contributed by atoms with van der Waals surface area (Å²) in [4.78, 5) is 14.0. The van der Waals surface area contributed by atoms with Crippen molar-refractivity contribution in [2.24, 2.45) is 5.92 Å². The lowest BCUT2D eigenvalue weighted by atomic mass is 9.93. The number of hydrogen-bond donors (Lipinski definition) is 1. The lowest BCUT2D eigenvalue weighted by Crippen LogP contribution is -2.37. The molecule has 1 fully saturated rings. The molecule has 0 bridgehead atoms. The molecule has 1 saturated heterocycles. The molecule has 0 radical (unpaired) electrons. The molecule has 0 aromatic carbocycles. The lowest BCUT2D eigenvalue weighted by molar-refractivity contribution is -0.122. The minimum Gasteiger partial charge on any atom is -0.354 e. The molecule has 1 aliphatic rings. The topological polar surface area (TPSA) is 32.3 Å². The Bertz CT molecular complexity index is 196. The molecule has 1 heterocycles. The van der Waals surface area contributed by atoms with Crippen molar-refractivity contribution in [2.45, 2.75) is 46.1 Å². The predicted octanol–water partition coefficient (Wildman–Crippen LogP) is 1.63. The highest BCUT2D eigenvalue weighted by molar-refractivity contribution is 5.76. The summed E-state index contributed by atoms with van der Waals surface area (Å²) in [5.41, 5.74) is 0. The van der Waals surface area contributed by atoms with Gasteiger partial charge in [0.15, 0.2) is 0 Å². The fraction of sp³-hybridized carbons (Fsp3) is 0.917. The molecule has 3 heteroatoms. The minimum atomic E-state index is 0.222. The fourth-order valence-corrected chi connectivity index (χ4v) is 2.15. The average molecular weight is 212 g/mol.